The molecule has 0 unspecified atom stereocenters. The van der Waals surface area contributed by atoms with Gasteiger partial charge in [0, 0.05) is 17.0 Å². The van der Waals surface area contributed by atoms with Crippen LogP contribution in [0.15, 0.2) is 35.2 Å². The molecule has 0 amide bonds. The molecular formula is C23H22F3NO5S. The zero-order valence-corrected chi connectivity index (χ0v) is 19.4. The summed E-state index contributed by atoms with van der Waals surface area (Å²) in [5.74, 6) is -1.49. The topological polar surface area (TPSA) is 93.6 Å². The summed E-state index contributed by atoms with van der Waals surface area (Å²) in [6.07, 6.45) is -4.69. The lowest BCUT2D eigenvalue weighted by molar-refractivity contribution is -0.137. The van der Waals surface area contributed by atoms with Crippen molar-refractivity contribution in [2.75, 3.05) is 7.11 Å². The normalized spacial score (nSPS) is 12.4. The van der Waals surface area contributed by atoms with Crippen molar-refractivity contribution < 1.29 is 36.2 Å². The summed E-state index contributed by atoms with van der Waals surface area (Å²) in [4.78, 5) is 16.3. The van der Waals surface area contributed by atoms with Crippen LogP contribution in [0.2, 0.25) is 0 Å². The SMILES string of the molecule is COc1cc2nc(-c3cccc(C)c3C(F)(F)F)c(C)c(C(=O)O)c2cc1S(=O)(=O)C(C)C. The van der Waals surface area contributed by atoms with Crippen molar-refractivity contribution in [1.29, 1.82) is 0 Å². The maximum atomic E-state index is 13.8. The Balaban J connectivity index is 2.51. The number of carboxylic acid groups (broad SMARTS) is 1. The highest BCUT2D eigenvalue weighted by Gasteiger charge is 2.36. The lowest BCUT2D eigenvalue weighted by atomic mass is 9.93. The first-order chi connectivity index (χ1) is 15.2. The van der Waals surface area contributed by atoms with Crippen LogP contribution in [0.1, 0.15) is 40.9 Å². The van der Waals surface area contributed by atoms with E-state index in [1.165, 1.54) is 59.1 Å². The number of fused-ring (bicyclic) bond motifs is 1. The smallest absolute Gasteiger partial charge is 0.417 e. The molecule has 10 heteroatoms. The first-order valence-corrected chi connectivity index (χ1v) is 11.4. The Morgan fingerprint density at radius 3 is 2.30 bits per heavy atom. The molecule has 2 aromatic carbocycles. The van der Waals surface area contributed by atoms with Gasteiger partial charge in [0.2, 0.25) is 0 Å². The Morgan fingerprint density at radius 1 is 1.15 bits per heavy atom. The average Bonchev–Trinajstić information content (AvgIpc) is 2.70. The number of rotatable bonds is 5. The van der Waals surface area contributed by atoms with Gasteiger partial charge in [0.05, 0.1) is 34.7 Å². The fourth-order valence-corrected chi connectivity index (χ4v) is 4.99. The molecule has 1 aromatic heterocycles. The number of ether oxygens (including phenoxy) is 1. The predicted octanol–water partition coefficient (Wildman–Crippen LogP) is 5.43. The van der Waals surface area contributed by atoms with Gasteiger partial charge in [-0.05, 0) is 44.9 Å². The van der Waals surface area contributed by atoms with Crippen LogP contribution < -0.4 is 4.74 Å². The number of hydrogen-bond donors (Lipinski definition) is 1. The zero-order valence-electron chi connectivity index (χ0n) is 18.5. The molecule has 0 radical (unpaired) electrons. The van der Waals surface area contributed by atoms with Crippen molar-refractivity contribution in [2.45, 2.75) is 44.0 Å². The van der Waals surface area contributed by atoms with Gasteiger partial charge in [-0.25, -0.2) is 18.2 Å². The predicted molar refractivity (Wildman–Crippen MR) is 117 cm³/mol. The number of aromatic carboxylic acids is 1. The molecule has 33 heavy (non-hydrogen) atoms. The number of hydrogen-bond acceptors (Lipinski definition) is 5. The third-order valence-electron chi connectivity index (χ3n) is 5.47. The third kappa shape index (κ3) is 4.15. The highest BCUT2D eigenvalue weighted by Crippen LogP contribution is 2.42. The second-order valence-corrected chi connectivity index (χ2v) is 10.3. The molecule has 0 saturated carbocycles. The number of aromatic nitrogens is 1. The van der Waals surface area contributed by atoms with E-state index in [1.807, 2.05) is 0 Å². The number of sulfone groups is 1. The van der Waals surface area contributed by atoms with E-state index in [0.717, 1.165) is 6.07 Å². The minimum Gasteiger partial charge on any atom is -0.495 e. The molecule has 3 aromatic rings. The van der Waals surface area contributed by atoms with E-state index in [4.69, 9.17) is 4.74 Å². The van der Waals surface area contributed by atoms with Gasteiger partial charge in [0.15, 0.2) is 9.84 Å². The van der Waals surface area contributed by atoms with Crippen LogP contribution >= 0.6 is 0 Å². The van der Waals surface area contributed by atoms with E-state index >= 15 is 0 Å². The van der Waals surface area contributed by atoms with Crippen molar-refractivity contribution in [2.24, 2.45) is 0 Å². The number of aryl methyl sites for hydroxylation is 1. The summed E-state index contributed by atoms with van der Waals surface area (Å²) in [5, 5.41) is 9.10. The van der Waals surface area contributed by atoms with Crippen molar-refractivity contribution in [3.05, 3.63) is 52.6 Å². The van der Waals surface area contributed by atoms with E-state index in [0.29, 0.717) is 0 Å². The van der Waals surface area contributed by atoms with Gasteiger partial charge in [-0.3, -0.25) is 0 Å². The number of benzene rings is 2. The lowest BCUT2D eigenvalue weighted by Crippen LogP contribution is -2.16. The summed E-state index contributed by atoms with van der Waals surface area (Å²) in [6, 6.07) is 6.38. The number of methoxy groups -OCH3 is 1. The molecule has 176 valence electrons. The summed E-state index contributed by atoms with van der Waals surface area (Å²) in [6.45, 7) is 5.61. The fraction of sp³-hybridized carbons (Fsp3) is 0.304. The van der Waals surface area contributed by atoms with Crippen molar-refractivity contribution in [3.8, 4) is 17.0 Å². The molecular weight excluding hydrogens is 459 g/mol. The molecule has 1 N–H and O–H groups in total. The van der Waals surface area contributed by atoms with E-state index in [1.54, 1.807) is 0 Å². The highest BCUT2D eigenvalue weighted by atomic mass is 32.2. The molecule has 0 bridgehead atoms. The Morgan fingerprint density at radius 2 is 1.79 bits per heavy atom. The fourth-order valence-electron chi connectivity index (χ4n) is 3.78. The number of carboxylic acids is 1. The molecule has 3 rings (SSSR count). The van der Waals surface area contributed by atoms with Crippen molar-refractivity contribution in [1.82, 2.24) is 4.98 Å². The van der Waals surface area contributed by atoms with Crippen LogP contribution in [0.4, 0.5) is 13.2 Å². The van der Waals surface area contributed by atoms with Gasteiger partial charge in [-0.1, -0.05) is 18.2 Å². The van der Waals surface area contributed by atoms with Gasteiger partial charge in [0.1, 0.15) is 10.6 Å². The molecule has 0 saturated heterocycles. The minimum absolute atomic E-state index is 0.00202. The Bertz CT molecular complexity index is 1380. The van der Waals surface area contributed by atoms with Crippen molar-refractivity contribution in [3.63, 3.8) is 0 Å². The number of nitrogens with zero attached hydrogens (tertiary/aromatic N) is 1. The van der Waals surface area contributed by atoms with E-state index in [9.17, 15) is 31.5 Å². The largest absolute Gasteiger partial charge is 0.495 e. The summed E-state index contributed by atoms with van der Waals surface area (Å²) >= 11 is 0. The summed E-state index contributed by atoms with van der Waals surface area (Å²) in [5.41, 5.74) is -1.70. The third-order valence-corrected chi connectivity index (χ3v) is 7.64. The lowest BCUT2D eigenvalue weighted by Gasteiger charge is -2.19. The Hall–Kier alpha value is -3.14. The minimum atomic E-state index is -4.69. The van der Waals surface area contributed by atoms with E-state index in [-0.39, 0.29) is 49.5 Å². The highest BCUT2D eigenvalue weighted by molar-refractivity contribution is 7.92. The van der Waals surface area contributed by atoms with E-state index in [2.05, 4.69) is 4.98 Å². The van der Waals surface area contributed by atoms with Crippen LogP contribution in [0, 0.1) is 13.8 Å². The molecule has 0 aliphatic carbocycles. The molecule has 0 aliphatic rings. The molecule has 0 fully saturated rings. The maximum Gasteiger partial charge on any atom is 0.417 e. The second kappa shape index (κ2) is 8.33. The van der Waals surface area contributed by atoms with Gasteiger partial charge < -0.3 is 9.84 Å². The number of alkyl halides is 3. The quantitative estimate of drug-likeness (QED) is 0.523. The number of carbonyl (C=O) groups is 1. The molecule has 0 spiro atoms. The average molecular weight is 481 g/mol. The maximum absolute atomic E-state index is 13.8. The first kappa shape index (κ1) is 24.5. The van der Waals surface area contributed by atoms with E-state index < -0.39 is 32.8 Å². The zero-order chi connectivity index (χ0) is 24.9. The standard InChI is InChI=1S/C23H22F3NO5S/c1-11(2)33(30,31)18-9-15-16(10-17(18)32-5)27-21(13(4)19(15)22(28)29)14-8-6-7-12(3)20(14)23(24,25)26/h6-11H,1-5H3,(H,28,29). The molecule has 1 heterocycles. The van der Waals surface area contributed by atoms with Crippen LogP contribution in [-0.2, 0) is 16.0 Å². The van der Waals surface area contributed by atoms with Crippen LogP contribution in [0.3, 0.4) is 0 Å². The van der Waals surface area contributed by atoms with Gasteiger partial charge in [0.25, 0.3) is 0 Å². The molecule has 6 nitrogen and oxygen atoms in total. The second-order valence-electron chi connectivity index (χ2n) is 7.87. The van der Waals surface area contributed by atoms with Crippen molar-refractivity contribution >= 4 is 26.7 Å². The number of pyridine rings is 1. The van der Waals surface area contributed by atoms with Crippen LogP contribution in [0.5, 0.6) is 5.75 Å². The van der Waals surface area contributed by atoms with Gasteiger partial charge in [-0.15, -0.1) is 0 Å². The van der Waals surface area contributed by atoms with Gasteiger partial charge in [-0.2, -0.15) is 13.2 Å². The molecule has 0 atom stereocenters. The Labute approximate surface area is 189 Å². The monoisotopic (exact) mass is 481 g/mol. The van der Waals surface area contributed by atoms with Crippen LogP contribution in [-0.4, -0.2) is 36.8 Å². The summed E-state index contributed by atoms with van der Waals surface area (Å²) < 4.78 is 72.4. The molecule has 0 aliphatic heterocycles. The van der Waals surface area contributed by atoms with Crippen LogP contribution in [0.25, 0.3) is 22.2 Å². The Kier molecular flexibility index (Phi) is 6.18. The summed E-state index contributed by atoms with van der Waals surface area (Å²) in [7, 11) is -2.61. The van der Waals surface area contributed by atoms with Gasteiger partial charge >= 0.3 is 12.1 Å². The number of halogens is 3. The first-order valence-electron chi connectivity index (χ1n) is 9.88.